The Morgan fingerprint density at radius 1 is 0.814 bits per heavy atom. The highest BCUT2D eigenvalue weighted by molar-refractivity contribution is 7.07. The number of ether oxygens (including phenoxy) is 3. The normalized spacial score (nSPS) is 14.5. The molecule has 0 saturated carbocycles. The van der Waals surface area contributed by atoms with Crippen LogP contribution in [0.5, 0.6) is 17.2 Å². The molecule has 0 radical (unpaired) electrons. The van der Waals surface area contributed by atoms with Crippen LogP contribution in [0.25, 0.3) is 6.08 Å². The van der Waals surface area contributed by atoms with E-state index < -0.39 is 12.0 Å². The summed E-state index contributed by atoms with van der Waals surface area (Å²) in [7, 11) is 0. The maximum absolute atomic E-state index is 14.0. The van der Waals surface area contributed by atoms with Gasteiger partial charge in [-0.25, -0.2) is 9.79 Å². The molecule has 0 unspecified atom stereocenters. The molecule has 8 heteroatoms. The monoisotopic (exact) mass is 588 g/mol. The molecule has 214 valence electrons. The smallest absolute Gasteiger partial charge is 0.343 e. The molecule has 1 aromatic heterocycles. The molecule has 0 saturated heterocycles. The molecule has 0 fully saturated rings. The largest absolute Gasteiger partial charge is 0.490 e. The summed E-state index contributed by atoms with van der Waals surface area (Å²) in [6.07, 6.45) is 1.81. The Morgan fingerprint density at radius 3 is 2.14 bits per heavy atom. The van der Waals surface area contributed by atoms with Crippen molar-refractivity contribution in [3.63, 3.8) is 0 Å². The second-order valence-electron chi connectivity index (χ2n) is 9.74. The van der Waals surface area contributed by atoms with Crippen molar-refractivity contribution in [3.05, 3.63) is 157 Å². The van der Waals surface area contributed by atoms with E-state index in [-0.39, 0.29) is 5.56 Å². The average Bonchev–Trinajstić information content (AvgIpc) is 3.34. The van der Waals surface area contributed by atoms with Gasteiger partial charge in [-0.15, -0.1) is 0 Å². The van der Waals surface area contributed by atoms with Crippen molar-refractivity contribution in [1.29, 1.82) is 0 Å². The summed E-state index contributed by atoms with van der Waals surface area (Å²) in [5.41, 5.74) is 2.10. The molecule has 7 nitrogen and oxygen atoms in total. The quantitative estimate of drug-likeness (QED) is 0.133. The molecule has 4 aromatic carbocycles. The fourth-order valence-corrected chi connectivity index (χ4v) is 5.92. The van der Waals surface area contributed by atoms with Crippen LogP contribution in [-0.4, -0.2) is 23.8 Å². The van der Waals surface area contributed by atoms with Crippen LogP contribution in [0, 0.1) is 0 Å². The molecule has 0 aliphatic carbocycles. The van der Waals surface area contributed by atoms with Gasteiger partial charge in [0.25, 0.3) is 5.56 Å². The number of hydrogen-bond acceptors (Lipinski definition) is 7. The van der Waals surface area contributed by atoms with Crippen LogP contribution in [-0.2, 0) is 4.79 Å². The van der Waals surface area contributed by atoms with Crippen LogP contribution in [0.4, 0.5) is 0 Å². The molecule has 43 heavy (non-hydrogen) atoms. The van der Waals surface area contributed by atoms with Gasteiger partial charge in [-0.2, -0.15) is 0 Å². The molecule has 1 aliphatic heterocycles. The number of benzene rings is 4. The molecule has 0 N–H and O–H groups in total. The summed E-state index contributed by atoms with van der Waals surface area (Å²) in [5, 5.41) is 0. The number of aromatic nitrogens is 1. The molecule has 1 aliphatic rings. The van der Waals surface area contributed by atoms with Gasteiger partial charge in [-0.05, 0) is 48.9 Å². The lowest BCUT2D eigenvalue weighted by molar-refractivity contribution is -0.130. The number of carbonyl (C=O) groups is 1. The number of allylic oxidation sites excluding steroid dienone is 1. The van der Waals surface area contributed by atoms with Crippen molar-refractivity contribution in [2.45, 2.75) is 13.0 Å². The van der Waals surface area contributed by atoms with Gasteiger partial charge in [0.1, 0.15) is 30.5 Å². The first-order valence-corrected chi connectivity index (χ1v) is 14.6. The van der Waals surface area contributed by atoms with E-state index in [1.807, 2.05) is 91.0 Å². The third kappa shape index (κ3) is 6.19. The fraction of sp³-hybridized carbons (Fsp3) is 0.114. The van der Waals surface area contributed by atoms with E-state index in [1.165, 1.54) is 11.3 Å². The Bertz CT molecular complexity index is 1950. The third-order valence-corrected chi connectivity index (χ3v) is 7.85. The molecule has 2 heterocycles. The molecule has 0 bridgehead atoms. The number of thiazole rings is 1. The number of para-hydroxylation sites is 3. The maximum atomic E-state index is 14.0. The number of esters is 1. The van der Waals surface area contributed by atoms with Crippen LogP contribution < -0.4 is 29.1 Å². The summed E-state index contributed by atoms with van der Waals surface area (Å²) in [6, 6.07) is 34.7. The van der Waals surface area contributed by atoms with Gasteiger partial charge < -0.3 is 14.2 Å². The van der Waals surface area contributed by atoms with Crippen molar-refractivity contribution in [2.75, 3.05) is 13.2 Å². The van der Waals surface area contributed by atoms with E-state index in [0.717, 1.165) is 16.9 Å². The molecule has 6 rings (SSSR count). The standard InChI is InChI=1S/C35H28N2O5S/c1-24-31(34(39)42-28-18-9-4-10-19-28)32(25-13-5-2-6-14-25)37-33(38)30(43-35(37)36-24)23-26-15-11-12-20-29(26)41-22-21-40-27-16-7-3-8-17-27/h2-20,23,32H,21-22H2,1H3/b30-23-/t32-/m1/s1. The van der Waals surface area contributed by atoms with Gasteiger partial charge in [-0.1, -0.05) is 96.3 Å². The minimum absolute atomic E-state index is 0.252. The summed E-state index contributed by atoms with van der Waals surface area (Å²) in [5.74, 6) is 1.28. The van der Waals surface area contributed by atoms with Gasteiger partial charge in [-0.3, -0.25) is 9.36 Å². The Balaban J connectivity index is 1.34. The van der Waals surface area contributed by atoms with Crippen molar-refractivity contribution in [3.8, 4) is 17.2 Å². The zero-order valence-electron chi connectivity index (χ0n) is 23.4. The highest BCUT2D eigenvalue weighted by Gasteiger charge is 2.33. The summed E-state index contributed by atoms with van der Waals surface area (Å²) in [6.45, 7) is 2.48. The molecule has 0 amide bonds. The second-order valence-corrected chi connectivity index (χ2v) is 10.8. The van der Waals surface area contributed by atoms with E-state index in [9.17, 15) is 9.59 Å². The molecule has 5 aromatic rings. The lowest BCUT2D eigenvalue weighted by atomic mass is 9.96. The highest BCUT2D eigenvalue weighted by atomic mass is 32.1. The molecule has 0 spiro atoms. The number of nitrogens with zero attached hydrogens (tertiary/aromatic N) is 2. The van der Waals surface area contributed by atoms with E-state index in [2.05, 4.69) is 0 Å². The van der Waals surface area contributed by atoms with Crippen LogP contribution in [0.3, 0.4) is 0 Å². The van der Waals surface area contributed by atoms with Gasteiger partial charge in [0.05, 0.1) is 21.8 Å². The molecular weight excluding hydrogens is 560 g/mol. The SMILES string of the molecule is CC1=C(C(=O)Oc2ccccc2)[C@@H](c2ccccc2)n2c(s/c(=C\c3ccccc3OCCOc3ccccc3)c2=O)=N1. The van der Waals surface area contributed by atoms with Gasteiger partial charge in [0.2, 0.25) is 0 Å². The zero-order valence-corrected chi connectivity index (χ0v) is 24.2. The first kappa shape index (κ1) is 27.9. The van der Waals surface area contributed by atoms with Gasteiger partial charge >= 0.3 is 5.97 Å². The summed E-state index contributed by atoms with van der Waals surface area (Å²) < 4.78 is 19.6. The van der Waals surface area contributed by atoms with Crippen LogP contribution in [0.15, 0.2) is 136 Å². The summed E-state index contributed by atoms with van der Waals surface area (Å²) in [4.78, 5) is 32.8. The summed E-state index contributed by atoms with van der Waals surface area (Å²) >= 11 is 1.27. The predicted octanol–water partition coefficient (Wildman–Crippen LogP) is 5.30. The van der Waals surface area contributed by atoms with Gasteiger partial charge in [0.15, 0.2) is 4.80 Å². The Labute approximate surface area is 252 Å². The first-order valence-electron chi connectivity index (χ1n) is 13.8. The molecular formula is C35H28N2O5S. The van der Waals surface area contributed by atoms with Crippen molar-refractivity contribution < 1.29 is 19.0 Å². The second kappa shape index (κ2) is 12.8. The number of fused-ring (bicyclic) bond motifs is 1. The lowest BCUT2D eigenvalue weighted by Crippen LogP contribution is -2.40. The van der Waals surface area contributed by atoms with Crippen molar-refractivity contribution >= 4 is 23.4 Å². The van der Waals surface area contributed by atoms with E-state index in [4.69, 9.17) is 19.2 Å². The predicted molar refractivity (Wildman–Crippen MR) is 166 cm³/mol. The van der Waals surface area contributed by atoms with Crippen molar-refractivity contribution in [2.24, 2.45) is 4.99 Å². The topological polar surface area (TPSA) is 79.1 Å². The number of rotatable bonds is 9. The van der Waals surface area contributed by atoms with Gasteiger partial charge in [0, 0.05) is 5.56 Å². The zero-order chi connectivity index (χ0) is 29.6. The third-order valence-electron chi connectivity index (χ3n) is 6.87. The Morgan fingerprint density at radius 2 is 1.42 bits per heavy atom. The van der Waals surface area contributed by atoms with E-state index >= 15 is 0 Å². The number of carbonyl (C=O) groups excluding carboxylic acids is 1. The van der Waals surface area contributed by atoms with E-state index in [0.29, 0.717) is 45.3 Å². The average molecular weight is 589 g/mol. The van der Waals surface area contributed by atoms with Crippen LogP contribution in [0.1, 0.15) is 24.1 Å². The minimum atomic E-state index is -0.697. The van der Waals surface area contributed by atoms with Crippen molar-refractivity contribution in [1.82, 2.24) is 4.57 Å². The van der Waals surface area contributed by atoms with Crippen LogP contribution in [0.2, 0.25) is 0 Å². The number of hydrogen-bond donors (Lipinski definition) is 0. The highest BCUT2D eigenvalue weighted by Crippen LogP contribution is 2.31. The Hall–Kier alpha value is -5.21. The minimum Gasteiger partial charge on any atom is -0.490 e. The van der Waals surface area contributed by atoms with Crippen LogP contribution >= 0.6 is 11.3 Å². The first-order chi connectivity index (χ1) is 21.1. The maximum Gasteiger partial charge on any atom is 0.343 e. The fourth-order valence-electron chi connectivity index (χ4n) is 4.88. The van der Waals surface area contributed by atoms with E-state index in [1.54, 1.807) is 41.8 Å². The lowest BCUT2D eigenvalue weighted by Gasteiger charge is -2.24. The Kier molecular flexibility index (Phi) is 8.28. The molecule has 1 atom stereocenters.